The molecule has 0 radical (unpaired) electrons. The molecule has 2 aromatic carbocycles. The van der Waals surface area contributed by atoms with Crippen LogP contribution in [0, 0.1) is 5.92 Å². The second-order valence-electron chi connectivity index (χ2n) is 8.03. The summed E-state index contributed by atoms with van der Waals surface area (Å²) < 4.78 is 6.02. The first-order chi connectivity index (χ1) is 14.7. The van der Waals surface area contributed by atoms with Gasteiger partial charge in [0.2, 0.25) is 0 Å². The molecule has 1 heterocycles. The van der Waals surface area contributed by atoms with Gasteiger partial charge in [-0.05, 0) is 67.5 Å². The Bertz CT molecular complexity index is 890. The van der Waals surface area contributed by atoms with Gasteiger partial charge in [0.25, 0.3) is 0 Å². The van der Waals surface area contributed by atoms with Crippen LogP contribution in [-0.2, 0) is 19.4 Å². The topological polar surface area (TPSA) is 48.1 Å². The number of benzene rings is 2. The van der Waals surface area contributed by atoms with E-state index in [0.29, 0.717) is 6.61 Å². The second kappa shape index (κ2) is 11.5. The lowest BCUT2D eigenvalue weighted by molar-refractivity contribution is 0.304. The number of hydrogen-bond acceptors (Lipinski definition) is 3. The smallest absolute Gasteiger partial charge is 0.120 e. The van der Waals surface area contributed by atoms with Crippen molar-refractivity contribution < 1.29 is 4.74 Å². The maximum Gasteiger partial charge on any atom is 0.120 e. The molecule has 0 bridgehead atoms. The number of pyridine rings is 1. The van der Waals surface area contributed by atoms with Crippen LogP contribution in [0.5, 0.6) is 5.75 Å². The maximum atomic E-state index is 6.02. The summed E-state index contributed by atoms with van der Waals surface area (Å²) in [6.07, 6.45) is 7.79. The number of nitrogens with two attached hydrogens (primary N) is 1. The fourth-order valence-electron chi connectivity index (χ4n) is 3.83. The minimum Gasteiger partial charge on any atom is -0.489 e. The molecule has 1 aliphatic carbocycles. The standard InChI is InChI=1S/C24H26N2O.C3H8/c25-13-12-18-6-8-22-15-23(10-9-21(22)14-18)27-17-19-7-11-24(26-16-19)20-4-2-1-3-5-20;1-3-2/h1-5,7,9-11,15-16,18H,6,8,12-14,17,25H2;3H2,1-2H3. The molecule has 1 aliphatic rings. The van der Waals surface area contributed by atoms with Crippen LogP contribution in [0.1, 0.15) is 49.8 Å². The molecule has 3 heteroatoms. The summed E-state index contributed by atoms with van der Waals surface area (Å²) in [6, 6.07) is 20.9. The zero-order valence-corrected chi connectivity index (χ0v) is 18.3. The van der Waals surface area contributed by atoms with Crippen molar-refractivity contribution in [1.82, 2.24) is 4.98 Å². The predicted molar refractivity (Wildman–Crippen MR) is 126 cm³/mol. The molecular weight excluding hydrogens is 368 g/mol. The molecule has 0 amide bonds. The van der Waals surface area contributed by atoms with Crippen molar-refractivity contribution >= 4 is 0 Å². The van der Waals surface area contributed by atoms with Gasteiger partial charge in [0, 0.05) is 17.3 Å². The SMILES string of the molecule is CCC.NCCC1CCc2cc(OCc3ccc(-c4ccccc4)nc3)ccc2C1. The number of fused-ring (bicyclic) bond motifs is 1. The Morgan fingerprint density at radius 2 is 1.80 bits per heavy atom. The third-order valence-corrected chi connectivity index (χ3v) is 5.38. The average molecular weight is 403 g/mol. The number of ether oxygens (including phenoxy) is 1. The predicted octanol–water partition coefficient (Wildman–Crippen LogP) is 6.20. The first-order valence-electron chi connectivity index (χ1n) is 11.2. The molecule has 2 N–H and O–H groups in total. The molecule has 1 atom stereocenters. The van der Waals surface area contributed by atoms with Crippen LogP contribution in [0.3, 0.4) is 0 Å². The summed E-state index contributed by atoms with van der Waals surface area (Å²) in [7, 11) is 0. The molecule has 0 spiro atoms. The molecule has 0 aliphatic heterocycles. The number of rotatable bonds is 6. The van der Waals surface area contributed by atoms with Crippen LogP contribution in [0.4, 0.5) is 0 Å². The molecule has 4 rings (SSSR count). The van der Waals surface area contributed by atoms with Gasteiger partial charge in [0.15, 0.2) is 0 Å². The Balaban J connectivity index is 0.000000806. The van der Waals surface area contributed by atoms with E-state index < -0.39 is 0 Å². The quantitative estimate of drug-likeness (QED) is 0.534. The molecule has 1 unspecified atom stereocenters. The Morgan fingerprint density at radius 3 is 2.50 bits per heavy atom. The molecule has 30 heavy (non-hydrogen) atoms. The van der Waals surface area contributed by atoms with Crippen molar-refractivity contribution in [1.29, 1.82) is 0 Å². The van der Waals surface area contributed by atoms with Gasteiger partial charge in [-0.15, -0.1) is 0 Å². The summed E-state index contributed by atoms with van der Waals surface area (Å²) in [5.41, 5.74) is 11.8. The van der Waals surface area contributed by atoms with Crippen molar-refractivity contribution in [3.8, 4) is 17.0 Å². The largest absolute Gasteiger partial charge is 0.489 e. The van der Waals surface area contributed by atoms with E-state index in [-0.39, 0.29) is 0 Å². The molecule has 3 nitrogen and oxygen atoms in total. The highest BCUT2D eigenvalue weighted by Crippen LogP contribution is 2.30. The van der Waals surface area contributed by atoms with Crippen LogP contribution < -0.4 is 10.5 Å². The van der Waals surface area contributed by atoms with Crippen LogP contribution in [0.15, 0.2) is 66.9 Å². The highest BCUT2D eigenvalue weighted by atomic mass is 16.5. The third kappa shape index (κ3) is 6.17. The van der Waals surface area contributed by atoms with Gasteiger partial charge in [-0.3, -0.25) is 4.98 Å². The van der Waals surface area contributed by atoms with E-state index in [2.05, 4.69) is 61.3 Å². The molecule has 158 valence electrons. The van der Waals surface area contributed by atoms with Gasteiger partial charge < -0.3 is 10.5 Å². The lowest BCUT2D eigenvalue weighted by Gasteiger charge is -2.24. The van der Waals surface area contributed by atoms with Crippen LogP contribution >= 0.6 is 0 Å². The first-order valence-corrected chi connectivity index (χ1v) is 11.2. The fourth-order valence-corrected chi connectivity index (χ4v) is 3.83. The molecule has 3 aromatic rings. The van der Waals surface area contributed by atoms with Crippen molar-refractivity contribution in [3.05, 3.63) is 83.6 Å². The van der Waals surface area contributed by atoms with Crippen molar-refractivity contribution in [3.63, 3.8) is 0 Å². The minimum absolute atomic E-state index is 0.538. The summed E-state index contributed by atoms with van der Waals surface area (Å²) in [5.74, 6) is 1.68. The molecule has 0 saturated carbocycles. The molecule has 0 saturated heterocycles. The van der Waals surface area contributed by atoms with E-state index in [9.17, 15) is 0 Å². The van der Waals surface area contributed by atoms with Gasteiger partial charge in [-0.2, -0.15) is 0 Å². The first kappa shape index (κ1) is 22.0. The summed E-state index contributed by atoms with van der Waals surface area (Å²) >= 11 is 0. The van der Waals surface area contributed by atoms with E-state index in [1.165, 1.54) is 24.0 Å². The number of nitrogens with zero attached hydrogens (tertiary/aromatic N) is 1. The van der Waals surface area contributed by atoms with Crippen molar-refractivity contribution in [2.45, 2.75) is 52.6 Å². The Kier molecular flexibility index (Phi) is 8.46. The van der Waals surface area contributed by atoms with E-state index in [1.807, 2.05) is 24.4 Å². The second-order valence-corrected chi connectivity index (χ2v) is 8.03. The van der Waals surface area contributed by atoms with Gasteiger partial charge >= 0.3 is 0 Å². The average Bonchev–Trinajstić information content (AvgIpc) is 2.79. The summed E-state index contributed by atoms with van der Waals surface area (Å²) in [4.78, 5) is 4.57. The summed E-state index contributed by atoms with van der Waals surface area (Å²) in [5, 5.41) is 0. The Hall–Kier alpha value is -2.65. The lowest BCUT2D eigenvalue weighted by atomic mass is 9.82. The van der Waals surface area contributed by atoms with Gasteiger partial charge in [0.1, 0.15) is 12.4 Å². The van der Waals surface area contributed by atoms with Crippen molar-refractivity contribution in [2.24, 2.45) is 11.7 Å². The highest BCUT2D eigenvalue weighted by Gasteiger charge is 2.18. The van der Waals surface area contributed by atoms with E-state index >= 15 is 0 Å². The molecule has 0 fully saturated rings. The van der Waals surface area contributed by atoms with Crippen molar-refractivity contribution in [2.75, 3.05) is 6.54 Å². The van der Waals surface area contributed by atoms with Gasteiger partial charge in [0.05, 0.1) is 5.69 Å². The van der Waals surface area contributed by atoms with Crippen LogP contribution in [0.25, 0.3) is 11.3 Å². The number of aromatic nitrogens is 1. The molecule has 1 aromatic heterocycles. The number of hydrogen-bond donors (Lipinski definition) is 1. The van der Waals surface area contributed by atoms with Gasteiger partial charge in [-0.1, -0.05) is 62.7 Å². The number of aryl methyl sites for hydroxylation is 1. The summed E-state index contributed by atoms with van der Waals surface area (Å²) in [6.45, 7) is 5.58. The highest BCUT2D eigenvalue weighted by molar-refractivity contribution is 5.58. The maximum absolute atomic E-state index is 6.02. The van der Waals surface area contributed by atoms with E-state index in [4.69, 9.17) is 10.5 Å². The lowest BCUT2D eigenvalue weighted by Crippen LogP contribution is -2.17. The Morgan fingerprint density at radius 1 is 1.00 bits per heavy atom. The molecular formula is C27H34N2O. The third-order valence-electron chi connectivity index (χ3n) is 5.38. The van der Waals surface area contributed by atoms with Gasteiger partial charge in [-0.25, -0.2) is 0 Å². The van der Waals surface area contributed by atoms with E-state index in [0.717, 1.165) is 54.3 Å². The fraction of sp³-hybridized carbons (Fsp3) is 0.370. The monoisotopic (exact) mass is 402 g/mol. The zero-order valence-electron chi connectivity index (χ0n) is 18.3. The normalized spacial score (nSPS) is 15.0. The van der Waals surface area contributed by atoms with E-state index in [1.54, 1.807) is 0 Å². The zero-order chi connectivity index (χ0) is 21.2. The Labute approximate surface area is 181 Å². The van der Waals surface area contributed by atoms with Crippen LogP contribution in [-0.4, -0.2) is 11.5 Å². The van der Waals surface area contributed by atoms with Crippen LogP contribution in [0.2, 0.25) is 0 Å². The minimum atomic E-state index is 0.538.